The zero-order valence-corrected chi connectivity index (χ0v) is 20.2. The fraction of sp³-hybridized carbons (Fsp3) is 0.690. The molecule has 0 N–H and O–H groups in total. The number of halogens is 3. The Kier molecular flexibility index (Phi) is 8.42. The molecule has 34 heavy (non-hydrogen) atoms. The third-order valence-corrected chi connectivity index (χ3v) is 8.96. The SMILES string of the molecule is C=CCC1CCC(C2CCC(C3CCC(OC(=O)c4cccc(C(F)(F)F)c4)CC3)CC2)CC1. The van der Waals surface area contributed by atoms with E-state index in [9.17, 15) is 18.0 Å². The van der Waals surface area contributed by atoms with E-state index in [1.54, 1.807) is 0 Å². The van der Waals surface area contributed by atoms with Gasteiger partial charge >= 0.3 is 12.1 Å². The van der Waals surface area contributed by atoms with Gasteiger partial charge in [-0.05, 0) is 131 Å². The minimum atomic E-state index is -4.46. The van der Waals surface area contributed by atoms with Crippen molar-refractivity contribution in [3.8, 4) is 0 Å². The summed E-state index contributed by atoms with van der Waals surface area (Å²) in [5.41, 5.74) is -0.833. The third-order valence-electron chi connectivity index (χ3n) is 8.96. The van der Waals surface area contributed by atoms with Crippen molar-refractivity contribution in [1.82, 2.24) is 0 Å². The molecule has 0 radical (unpaired) electrons. The van der Waals surface area contributed by atoms with Gasteiger partial charge in [0.05, 0.1) is 11.1 Å². The van der Waals surface area contributed by atoms with Crippen molar-refractivity contribution < 1.29 is 22.7 Å². The predicted molar refractivity (Wildman–Crippen MR) is 128 cm³/mol. The average molecular weight is 477 g/mol. The Morgan fingerprint density at radius 2 is 1.35 bits per heavy atom. The molecule has 188 valence electrons. The van der Waals surface area contributed by atoms with Crippen molar-refractivity contribution in [2.24, 2.45) is 29.6 Å². The zero-order chi connectivity index (χ0) is 24.1. The smallest absolute Gasteiger partial charge is 0.416 e. The quantitative estimate of drug-likeness (QED) is 0.303. The molecule has 0 spiro atoms. The molecule has 0 heterocycles. The Morgan fingerprint density at radius 3 is 1.85 bits per heavy atom. The van der Waals surface area contributed by atoms with Gasteiger partial charge < -0.3 is 4.74 Å². The normalized spacial score (nSPS) is 32.7. The lowest BCUT2D eigenvalue weighted by Gasteiger charge is -2.41. The number of carbonyl (C=O) groups is 1. The Hall–Kier alpha value is -1.78. The molecule has 0 aromatic heterocycles. The summed E-state index contributed by atoms with van der Waals surface area (Å²) in [5.74, 6) is 3.54. The summed E-state index contributed by atoms with van der Waals surface area (Å²) < 4.78 is 44.4. The molecule has 0 atom stereocenters. The monoisotopic (exact) mass is 476 g/mol. The average Bonchev–Trinajstić information content (AvgIpc) is 2.85. The highest BCUT2D eigenvalue weighted by Gasteiger charge is 2.35. The molecule has 3 aliphatic carbocycles. The van der Waals surface area contributed by atoms with Crippen LogP contribution in [-0.2, 0) is 10.9 Å². The topological polar surface area (TPSA) is 26.3 Å². The molecule has 5 heteroatoms. The van der Waals surface area contributed by atoms with E-state index >= 15 is 0 Å². The van der Waals surface area contributed by atoms with Gasteiger partial charge in [-0.1, -0.05) is 12.1 Å². The minimum Gasteiger partial charge on any atom is -0.459 e. The van der Waals surface area contributed by atoms with E-state index in [-0.39, 0.29) is 11.7 Å². The molecular formula is C29H39F3O2. The summed E-state index contributed by atoms with van der Waals surface area (Å²) in [4.78, 5) is 12.4. The van der Waals surface area contributed by atoms with E-state index in [2.05, 4.69) is 12.7 Å². The molecule has 4 rings (SSSR count). The van der Waals surface area contributed by atoms with Gasteiger partial charge in [-0.3, -0.25) is 0 Å². The lowest BCUT2D eigenvalue weighted by molar-refractivity contribution is -0.137. The highest BCUT2D eigenvalue weighted by molar-refractivity contribution is 5.89. The maximum absolute atomic E-state index is 12.9. The number of rotatable bonds is 6. The van der Waals surface area contributed by atoms with Gasteiger partial charge in [0.25, 0.3) is 0 Å². The van der Waals surface area contributed by atoms with Crippen LogP contribution in [0.4, 0.5) is 13.2 Å². The summed E-state index contributed by atoms with van der Waals surface area (Å²) in [6, 6.07) is 4.52. The van der Waals surface area contributed by atoms with E-state index in [1.165, 1.54) is 69.9 Å². The molecule has 0 saturated heterocycles. The standard InChI is InChI=1S/C29H39F3O2/c1-2-4-20-7-9-21(10-8-20)22-11-13-23(14-12-22)24-15-17-27(18-16-24)34-28(33)25-5-3-6-26(19-25)29(30,31)32/h2-3,5-6,19-24,27H,1,4,7-18H2. The molecule has 0 bridgehead atoms. The number of ether oxygens (including phenoxy) is 1. The van der Waals surface area contributed by atoms with Crippen LogP contribution in [0.5, 0.6) is 0 Å². The molecular weight excluding hydrogens is 437 g/mol. The van der Waals surface area contributed by atoms with Crippen LogP contribution in [0.2, 0.25) is 0 Å². The van der Waals surface area contributed by atoms with E-state index < -0.39 is 17.7 Å². The Morgan fingerprint density at radius 1 is 0.853 bits per heavy atom. The summed E-state index contributed by atoms with van der Waals surface area (Å²) in [6.45, 7) is 3.90. The van der Waals surface area contributed by atoms with Crippen LogP contribution in [0.3, 0.4) is 0 Å². The number of allylic oxidation sites excluding steroid dienone is 1. The predicted octanol–water partition coefficient (Wildman–Crippen LogP) is 8.61. The van der Waals surface area contributed by atoms with Gasteiger partial charge in [-0.25, -0.2) is 4.79 Å². The van der Waals surface area contributed by atoms with Gasteiger partial charge in [-0.2, -0.15) is 13.2 Å². The van der Waals surface area contributed by atoms with Crippen LogP contribution in [0.15, 0.2) is 36.9 Å². The van der Waals surface area contributed by atoms with Crippen molar-refractivity contribution in [3.05, 3.63) is 48.0 Å². The second-order valence-electron chi connectivity index (χ2n) is 11.0. The van der Waals surface area contributed by atoms with E-state index in [4.69, 9.17) is 4.74 Å². The zero-order valence-electron chi connectivity index (χ0n) is 20.2. The number of alkyl halides is 3. The van der Waals surface area contributed by atoms with Crippen molar-refractivity contribution in [2.75, 3.05) is 0 Å². The van der Waals surface area contributed by atoms with Crippen molar-refractivity contribution in [1.29, 1.82) is 0 Å². The Labute approximate surface area is 202 Å². The van der Waals surface area contributed by atoms with Gasteiger partial charge in [0, 0.05) is 0 Å². The molecule has 1 aromatic rings. The molecule has 3 fully saturated rings. The van der Waals surface area contributed by atoms with E-state index in [1.807, 2.05) is 0 Å². The van der Waals surface area contributed by atoms with Crippen molar-refractivity contribution in [3.63, 3.8) is 0 Å². The molecule has 0 unspecified atom stereocenters. The highest BCUT2D eigenvalue weighted by atomic mass is 19.4. The summed E-state index contributed by atoms with van der Waals surface area (Å²) in [5, 5.41) is 0. The number of carbonyl (C=O) groups excluding carboxylic acids is 1. The van der Waals surface area contributed by atoms with Gasteiger partial charge in [-0.15, -0.1) is 6.58 Å². The summed E-state index contributed by atoms with van der Waals surface area (Å²) in [6.07, 6.45) is 13.3. The molecule has 2 nitrogen and oxygen atoms in total. The minimum absolute atomic E-state index is 0.0196. The van der Waals surface area contributed by atoms with Crippen LogP contribution >= 0.6 is 0 Å². The van der Waals surface area contributed by atoms with Crippen LogP contribution in [0.25, 0.3) is 0 Å². The Bertz CT molecular complexity index is 809. The summed E-state index contributed by atoms with van der Waals surface area (Å²) in [7, 11) is 0. The van der Waals surface area contributed by atoms with Gasteiger partial charge in [0.2, 0.25) is 0 Å². The second-order valence-corrected chi connectivity index (χ2v) is 11.0. The summed E-state index contributed by atoms with van der Waals surface area (Å²) >= 11 is 0. The van der Waals surface area contributed by atoms with Crippen molar-refractivity contribution >= 4 is 5.97 Å². The molecule has 3 saturated carbocycles. The maximum Gasteiger partial charge on any atom is 0.416 e. The second kappa shape index (κ2) is 11.3. The molecule has 0 amide bonds. The first-order valence-electron chi connectivity index (χ1n) is 13.3. The largest absolute Gasteiger partial charge is 0.459 e. The molecule has 1 aromatic carbocycles. The third kappa shape index (κ3) is 6.46. The van der Waals surface area contributed by atoms with E-state index in [0.29, 0.717) is 5.92 Å². The van der Waals surface area contributed by atoms with Crippen molar-refractivity contribution in [2.45, 2.75) is 95.8 Å². The first-order valence-corrected chi connectivity index (χ1v) is 13.3. The van der Waals surface area contributed by atoms with Crippen LogP contribution in [0.1, 0.15) is 99.4 Å². The van der Waals surface area contributed by atoms with E-state index in [0.717, 1.165) is 61.5 Å². The lowest BCUT2D eigenvalue weighted by Crippen LogP contribution is -2.31. The molecule has 3 aliphatic rings. The van der Waals surface area contributed by atoms with Gasteiger partial charge in [0.15, 0.2) is 0 Å². The maximum atomic E-state index is 12.9. The van der Waals surface area contributed by atoms with Crippen LogP contribution in [0, 0.1) is 29.6 Å². The number of hydrogen-bond donors (Lipinski definition) is 0. The van der Waals surface area contributed by atoms with Crippen LogP contribution in [-0.4, -0.2) is 12.1 Å². The molecule has 0 aliphatic heterocycles. The lowest BCUT2D eigenvalue weighted by atomic mass is 9.65. The van der Waals surface area contributed by atoms with Crippen LogP contribution < -0.4 is 0 Å². The fourth-order valence-corrected chi connectivity index (χ4v) is 6.94. The Balaban J connectivity index is 1.18. The number of esters is 1. The number of hydrogen-bond acceptors (Lipinski definition) is 2. The first kappa shape index (κ1) is 25.3. The fourth-order valence-electron chi connectivity index (χ4n) is 6.94. The number of benzene rings is 1. The van der Waals surface area contributed by atoms with Gasteiger partial charge in [0.1, 0.15) is 6.10 Å². The highest BCUT2D eigenvalue weighted by Crippen LogP contribution is 2.46. The first-order chi connectivity index (χ1) is 16.3.